The number of fused-ring (bicyclic) bond motifs is 1. The minimum Gasteiger partial charge on any atom is -0.392 e. The monoisotopic (exact) mass is 479 g/mol. The van der Waals surface area contributed by atoms with E-state index in [-0.39, 0.29) is 52.4 Å². The van der Waals surface area contributed by atoms with Gasteiger partial charge in [-0.25, -0.2) is 0 Å². The molecule has 7 nitrogen and oxygen atoms in total. The smallest absolute Gasteiger partial charge is 0.223 e. The highest BCUT2D eigenvalue weighted by atomic mass is 16.5. The molecule has 0 radical (unpaired) electrons. The van der Waals surface area contributed by atoms with Crippen LogP contribution < -0.4 is 10.6 Å². The number of nitrogens with zero attached hydrogens (tertiary/aromatic N) is 1. The molecule has 1 heterocycles. The van der Waals surface area contributed by atoms with E-state index in [0.29, 0.717) is 13.0 Å². The number of carbonyl (C=O) groups is 2. The molecule has 2 saturated carbocycles. The van der Waals surface area contributed by atoms with Gasteiger partial charge in [0, 0.05) is 44.6 Å². The van der Waals surface area contributed by atoms with E-state index < -0.39 is 6.10 Å². The molecule has 1 saturated heterocycles. The van der Waals surface area contributed by atoms with Crippen LogP contribution in [0.1, 0.15) is 73.6 Å². The molecule has 0 aromatic rings. The maximum atomic E-state index is 13.0. The number of amides is 2. The average Bonchev–Trinajstić information content (AvgIpc) is 2.75. The molecule has 2 aliphatic carbocycles. The summed E-state index contributed by atoms with van der Waals surface area (Å²) in [7, 11) is 0. The second kappa shape index (κ2) is 11.3. The topological polar surface area (TPSA) is 90.9 Å². The Morgan fingerprint density at radius 1 is 1.18 bits per heavy atom. The second-order valence-electron chi connectivity index (χ2n) is 12.7. The third kappa shape index (κ3) is 6.73. The van der Waals surface area contributed by atoms with Crippen LogP contribution in [0.15, 0.2) is 0 Å². The molecule has 3 aliphatic rings. The summed E-state index contributed by atoms with van der Waals surface area (Å²) in [6.45, 7) is 17.5. The number of hydrogen-bond acceptors (Lipinski definition) is 5. The van der Waals surface area contributed by atoms with Crippen LogP contribution in [-0.2, 0) is 14.3 Å². The standard InChI is InChI=1S/C27H49N3O4/c1-18(25(33)28-11-12-30-13-15-34-16-14-30)20-7-9-27(6)10-8-21(19(2)23(27)24(20)32)29-22(31)17-26(3,4)5/h18-21,23-24,32H,7-17H2,1-6H3,(H,28,33)(H,29,31)/t18-,19+,20-,21-,23+,24-,27-/m0/s1. The summed E-state index contributed by atoms with van der Waals surface area (Å²) in [5.41, 5.74) is 0.0175. The first-order valence-corrected chi connectivity index (χ1v) is 13.5. The average molecular weight is 480 g/mol. The number of hydrogen-bond donors (Lipinski definition) is 3. The fourth-order valence-electron chi connectivity index (χ4n) is 6.75. The molecule has 0 spiro atoms. The minimum absolute atomic E-state index is 0.0411. The minimum atomic E-state index is -0.531. The molecule has 196 valence electrons. The molecule has 34 heavy (non-hydrogen) atoms. The van der Waals surface area contributed by atoms with Gasteiger partial charge in [0.25, 0.3) is 0 Å². The van der Waals surface area contributed by atoms with E-state index in [9.17, 15) is 14.7 Å². The van der Waals surface area contributed by atoms with Crippen LogP contribution in [0.5, 0.6) is 0 Å². The SMILES string of the molecule is C[C@H]1[C@@H]2[C@@H](O)[C@H]([C@H](C)C(=O)NCCN3CCOCC3)CC[C@@]2(C)CC[C@@H]1NC(=O)CC(C)(C)C. The van der Waals surface area contributed by atoms with E-state index >= 15 is 0 Å². The van der Waals surface area contributed by atoms with Crippen molar-refractivity contribution in [2.45, 2.75) is 85.8 Å². The molecule has 2 amide bonds. The summed E-state index contributed by atoms with van der Waals surface area (Å²) in [5, 5.41) is 18.0. The van der Waals surface area contributed by atoms with Gasteiger partial charge in [0.2, 0.25) is 11.8 Å². The Labute approximate surface area is 206 Å². The van der Waals surface area contributed by atoms with E-state index in [4.69, 9.17) is 4.74 Å². The Morgan fingerprint density at radius 2 is 1.82 bits per heavy atom. The third-order valence-electron chi connectivity index (χ3n) is 8.81. The highest BCUT2D eigenvalue weighted by molar-refractivity contribution is 5.78. The lowest BCUT2D eigenvalue weighted by atomic mass is 9.51. The van der Waals surface area contributed by atoms with E-state index in [0.717, 1.165) is 58.5 Å². The van der Waals surface area contributed by atoms with Crippen LogP contribution in [0.2, 0.25) is 0 Å². The van der Waals surface area contributed by atoms with Crippen molar-refractivity contribution < 1.29 is 19.4 Å². The number of ether oxygens (including phenoxy) is 1. The molecular formula is C27H49N3O4. The zero-order valence-corrected chi connectivity index (χ0v) is 22.4. The zero-order chi connectivity index (χ0) is 25.1. The van der Waals surface area contributed by atoms with Crippen LogP contribution in [0.4, 0.5) is 0 Å². The van der Waals surface area contributed by atoms with Crippen molar-refractivity contribution in [2.24, 2.45) is 34.5 Å². The first-order chi connectivity index (χ1) is 15.9. The summed E-state index contributed by atoms with van der Waals surface area (Å²) in [6, 6.07) is 0.0824. The predicted octanol–water partition coefficient (Wildman–Crippen LogP) is 2.82. The maximum absolute atomic E-state index is 13.0. The van der Waals surface area contributed by atoms with Gasteiger partial charge >= 0.3 is 0 Å². The summed E-state index contributed by atoms with van der Waals surface area (Å²) in [4.78, 5) is 27.9. The van der Waals surface area contributed by atoms with E-state index in [1.54, 1.807) is 0 Å². The Morgan fingerprint density at radius 3 is 2.47 bits per heavy atom. The fraction of sp³-hybridized carbons (Fsp3) is 0.926. The maximum Gasteiger partial charge on any atom is 0.223 e. The van der Waals surface area contributed by atoms with Gasteiger partial charge in [0.05, 0.1) is 19.3 Å². The molecule has 7 heteroatoms. The van der Waals surface area contributed by atoms with Crippen LogP contribution >= 0.6 is 0 Å². The first-order valence-electron chi connectivity index (χ1n) is 13.5. The normalized spacial score (nSPS) is 35.8. The Hall–Kier alpha value is -1.18. The third-order valence-corrected chi connectivity index (χ3v) is 8.81. The molecule has 1 aliphatic heterocycles. The summed E-state index contributed by atoms with van der Waals surface area (Å²) in [6.07, 6.45) is 3.84. The van der Waals surface area contributed by atoms with Gasteiger partial charge < -0.3 is 20.5 Å². The largest absolute Gasteiger partial charge is 0.392 e. The van der Waals surface area contributed by atoms with Crippen molar-refractivity contribution in [3.05, 3.63) is 0 Å². The number of nitrogens with one attached hydrogen (secondary N) is 2. The second-order valence-corrected chi connectivity index (χ2v) is 12.7. The van der Waals surface area contributed by atoms with Crippen LogP contribution in [0.3, 0.4) is 0 Å². The van der Waals surface area contributed by atoms with E-state index in [2.05, 4.69) is 50.2 Å². The molecule has 3 N–H and O–H groups in total. The van der Waals surface area contributed by atoms with Crippen molar-refractivity contribution in [3.8, 4) is 0 Å². The predicted molar refractivity (Wildman–Crippen MR) is 134 cm³/mol. The number of morpholine rings is 1. The molecule has 3 rings (SSSR count). The van der Waals surface area contributed by atoms with Gasteiger partial charge in [-0.2, -0.15) is 0 Å². The van der Waals surface area contributed by atoms with Gasteiger partial charge in [-0.15, -0.1) is 0 Å². The van der Waals surface area contributed by atoms with Gasteiger partial charge in [-0.05, 0) is 54.3 Å². The summed E-state index contributed by atoms with van der Waals surface area (Å²) in [5.74, 6) is 0.128. The van der Waals surface area contributed by atoms with Crippen molar-refractivity contribution in [1.29, 1.82) is 0 Å². The van der Waals surface area contributed by atoms with Gasteiger partial charge in [0.15, 0.2) is 0 Å². The molecule has 0 aromatic heterocycles. The lowest BCUT2D eigenvalue weighted by Gasteiger charge is -2.56. The number of carbonyl (C=O) groups excluding carboxylic acids is 2. The zero-order valence-electron chi connectivity index (χ0n) is 22.4. The summed E-state index contributed by atoms with van der Waals surface area (Å²) < 4.78 is 5.39. The van der Waals surface area contributed by atoms with Crippen molar-refractivity contribution in [2.75, 3.05) is 39.4 Å². The molecule has 3 fully saturated rings. The Balaban J connectivity index is 1.58. The molecule has 7 atom stereocenters. The Kier molecular flexibility index (Phi) is 9.07. The lowest BCUT2D eigenvalue weighted by molar-refractivity contribution is -0.144. The van der Waals surface area contributed by atoms with Crippen LogP contribution in [0.25, 0.3) is 0 Å². The van der Waals surface area contributed by atoms with Gasteiger partial charge in [-0.3, -0.25) is 14.5 Å². The number of rotatable bonds is 7. The van der Waals surface area contributed by atoms with Gasteiger partial charge in [-0.1, -0.05) is 41.5 Å². The van der Waals surface area contributed by atoms with Crippen molar-refractivity contribution >= 4 is 11.8 Å². The van der Waals surface area contributed by atoms with Crippen LogP contribution in [0, 0.1) is 34.5 Å². The fourth-order valence-corrected chi connectivity index (χ4v) is 6.75. The summed E-state index contributed by atoms with van der Waals surface area (Å²) >= 11 is 0. The number of aliphatic hydroxyl groups is 1. The highest BCUT2D eigenvalue weighted by Crippen LogP contribution is 2.55. The van der Waals surface area contributed by atoms with Crippen molar-refractivity contribution in [3.63, 3.8) is 0 Å². The quantitative estimate of drug-likeness (QED) is 0.522. The van der Waals surface area contributed by atoms with Crippen molar-refractivity contribution in [1.82, 2.24) is 15.5 Å². The Bertz CT molecular complexity index is 702. The molecular weight excluding hydrogens is 430 g/mol. The molecule has 0 aromatic carbocycles. The van der Waals surface area contributed by atoms with E-state index in [1.807, 2.05) is 6.92 Å². The first kappa shape index (κ1) is 27.4. The molecule has 0 bridgehead atoms. The number of aliphatic hydroxyl groups excluding tert-OH is 1. The van der Waals surface area contributed by atoms with Crippen LogP contribution in [-0.4, -0.2) is 73.4 Å². The highest BCUT2D eigenvalue weighted by Gasteiger charge is 2.53. The van der Waals surface area contributed by atoms with Gasteiger partial charge in [0.1, 0.15) is 0 Å². The lowest BCUT2D eigenvalue weighted by Crippen LogP contribution is -2.58. The van der Waals surface area contributed by atoms with E-state index in [1.165, 1.54) is 0 Å². The molecule has 0 unspecified atom stereocenters.